The maximum Gasteiger partial charge on any atom is 0.156 e. The van der Waals surface area contributed by atoms with Gasteiger partial charge in [-0.25, -0.2) is 0 Å². The fraction of sp³-hybridized carbons (Fsp3) is 0.231. The minimum Gasteiger partial charge on any atom is -0.462 e. The molecule has 0 bridgehead atoms. The summed E-state index contributed by atoms with van der Waals surface area (Å²) in [4.78, 5) is 0. The molecule has 1 heterocycles. The third kappa shape index (κ3) is 1.33. The summed E-state index contributed by atoms with van der Waals surface area (Å²) in [6.45, 7) is 0. The van der Waals surface area contributed by atoms with E-state index in [1.54, 1.807) is 12.3 Å². The maximum atomic E-state index is 5.82. The number of rotatable bonds is 1. The molecule has 1 aliphatic rings. The number of nitrogens with two attached hydrogens (primary N) is 1. The van der Waals surface area contributed by atoms with E-state index < -0.39 is 0 Å². The number of fused-ring (bicyclic) bond motifs is 1. The molecule has 2 heteroatoms. The monoisotopic (exact) mass is 199 g/mol. The first-order chi connectivity index (χ1) is 7.34. The third-order valence-electron chi connectivity index (χ3n) is 3.06. The molecule has 2 N–H and O–H groups in total. The van der Waals surface area contributed by atoms with Crippen LogP contribution in [0.15, 0.2) is 34.9 Å². The van der Waals surface area contributed by atoms with Crippen LogP contribution in [-0.2, 0) is 12.8 Å². The number of hydrogen-bond donors (Lipinski definition) is 1. The predicted molar refractivity (Wildman–Crippen MR) is 60.6 cm³/mol. The van der Waals surface area contributed by atoms with Crippen molar-refractivity contribution in [3.8, 4) is 11.3 Å². The van der Waals surface area contributed by atoms with Crippen molar-refractivity contribution in [3.05, 3.63) is 41.7 Å². The van der Waals surface area contributed by atoms with E-state index in [2.05, 4.69) is 18.2 Å². The number of benzene rings is 1. The van der Waals surface area contributed by atoms with Gasteiger partial charge < -0.3 is 10.2 Å². The van der Waals surface area contributed by atoms with Gasteiger partial charge in [-0.2, -0.15) is 0 Å². The Kier molecular flexibility index (Phi) is 1.81. The Morgan fingerprint density at radius 1 is 1.07 bits per heavy atom. The molecular weight excluding hydrogens is 186 g/mol. The number of furan rings is 1. The lowest BCUT2D eigenvalue weighted by Crippen LogP contribution is -1.87. The minimum absolute atomic E-state index is 0.716. The molecule has 15 heavy (non-hydrogen) atoms. The normalized spacial score (nSPS) is 14.1. The fourth-order valence-electron chi connectivity index (χ4n) is 2.27. The van der Waals surface area contributed by atoms with Gasteiger partial charge in [-0.1, -0.05) is 12.1 Å². The molecule has 0 saturated carbocycles. The summed E-state index contributed by atoms with van der Waals surface area (Å²) in [7, 11) is 0. The van der Waals surface area contributed by atoms with Crippen LogP contribution in [0.5, 0.6) is 0 Å². The predicted octanol–water partition coefficient (Wildman–Crippen LogP) is 3.02. The van der Waals surface area contributed by atoms with Crippen molar-refractivity contribution >= 4 is 5.69 Å². The molecule has 0 fully saturated rings. The van der Waals surface area contributed by atoms with Gasteiger partial charge in [0.25, 0.3) is 0 Å². The molecule has 0 spiro atoms. The maximum absolute atomic E-state index is 5.82. The van der Waals surface area contributed by atoms with E-state index >= 15 is 0 Å². The van der Waals surface area contributed by atoms with Crippen LogP contribution in [0.3, 0.4) is 0 Å². The van der Waals surface area contributed by atoms with Gasteiger partial charge in [0.1, 0.15) is 0 Å². The summed E-state index contributed by atoms with van der Waals surface area (Å²) in [6.07, 6.45) is 5.30. The molecule has 2 nitrogen and oxygen atoms in total. The first kappa shape index (κ1) is 8.60. The topological polar surface area (TPSA) is 39.2 Å². The van der Waals surface area contributed by atoms with Crippen LogP contribution in [0.4, 0.5) is 5.69 Å². The Bertz CT molecular complexity index is 499. The molecule has 3 rings (SSSR count). The summed E-state index contributed by atoms with van der Waals surface area (Å²) < 4.78 is 5.39. The van der Waals surface area contributed by atoms with Crippen LogP contribution in [0.2, 0.25) is 0 Å². The molecule has 1 aromatic carbocycles. The summed E-state index contributed by atoms with van der Waals surface area (Å²) >= 11 is 0. The van der Waals surface area contributed by atoms with Gasteiger partial charge in [0.15, 0.2) is 5.76 Å². The zero-order valence-electron chi connectivity index (χ0n) is 8.49. The second-order valence-corrected chi connectivity index (χ2v) is 4.04. The molecule has 0 aliphatic heterocycles. The van der Waals surface area contributed by atoms with Crippen molar-refractivity contribution in [1.29, 1.82) is 0 Å². The van der Waals surface area contributed by atoms with E-state index in [0.717, 1.165) is 11.3 Å². The number of nitrogen functional groups attached to an aromatic ring is 1. The summed E-state index contributed by atoms with van der Waals surface area (Å²) in [5, 5.41) is 0. The molecule has 0 unspecified atom stereocenters. The average molecular weight is 199 g/mol. The van der Waals surface area contributed by atoms with Crippen molar-refractivity contribution < 1.29 is 4.42 Å². The molecule has 76 valence electrons. The van der Waals surface area contributed by atoms with Gasteiger partial charge in [0, 0.05) is 11.6 Å². The van der Waals surface area contributed by atoms with Gasteiger partial charge in [-0.3, -0.25) is 0 Å². The second kappa shape index (κ2) is 3.16. The highest BCUT2D eigenvalue weighted by Gasteiger charge is 2.13. The smallest absolute Gasteiger partial charge is 0.156 e. The summed E-state index contributed by atoms with van der Waals surface area (Å²) in [6, 6.07) is 8.29. The first-order valence-electron chi connectivity index (χ1n) is 5.30. The van der Waals surface area contributed by atoms with Crippen LogP contribution in [0, 0.1) is 0 Å². The van der Waals surface area contributed by atoms with Crippen molar-refractivity contribution in [2.45, 2.75) is 19.3 Å². The summed E-state index contributed by atoms with van der Waals surface area (Å²) in [5.74, 6) is 0.796. The van der Waals surface area contributed by atoms with Gasteiger partial charge in [-0.05, 0) is 36.5 Å². The van der Waals surface area contributed by atoms with Gasteiger partial charge in [0.2, 0.25) is 0 Å². The quantitative estimate of drug-likeness (QED) is 0.766. The second-order valence-electron chi connectivity index (χ2n) is 4.04. The van der Waals surface area contributed by atoms with Crippen LogP contribution in [-0.4, -0.2) is 0 Å². The highest BCUT2D eigenvalue weighted by atomic mass is 16.3. The number of anilines is 1. The first-order valence-corrected chi connectivity index (χ1v) is 5.30. The Labute approximate surface area is 88.7 Å². The Balaban J connectivity index is 2.11. The van der Waals surface area contributed by atoms with Crippen molar-refractivity contribution in [2.24, 2.45) is 0 Å². The Hall–Kier alpha value is -1.70. The lowest BCUT2D eigenvalue weighted by Gasteiger charge is -2.03. The van der Waals surface area contributed by atoms with Crippen LogP contribution < -0.4 is 5.73 Å². The zero-order chi connectivity index (χ0) is 10.3. The Morgan fingerprint density at radius 2 is 1.93 bits per heavy atom. The van der Waals surface area contributed by atoms with E-state index in [1.807, 2.05) is 0 Å². The molecule has 1 aliphatic carbocycles. The molecule has 0 atom stereocenters. The highest BCUT2D eigenvalue weighted by Crippen LogP contribution is 2.31. The number of hydrogen-bond acceptors (Lipinski definition) is 2. The minimum atomic E-state index is 0.716. The van der Waals surface area contributed by atoms with Gasteiger partial charge in [0.05, 0.1) is 12.0 Å². The summed E-state index contributed by atoms with van der Waals surface area (Å²) in [5.41, 5.74) is 10.6. The highest BCUT2D eigenvalue weighted by molar-refractivity contribution is 5.71. The SMILES string of the molecule is Nc1ccoc1-c1ccc2c(c1)CCC2. The molecule has 0 saturated heterocycles. The zero-order valence-corrected chi connectivity index (χ0v) is 8.49. The molecule has 1 aromatic heterocycles. The van der Waals surface area contributed by atoms with Gasteiger partial charge >= 0.3 is 0 Å². The van der Waals surface area contributed by atoms with E-state index in [-0.39, 0.29) is 0 Å². The van der Waals surface area contributed by atoms with E-state index in [9.17, 15) is 0 Å². The fourth-order valence-corrected chi connectivity index (χ4v) is 2.27. The van der Waals surface area contributed by atoms with Crippen molar-refractivity contribution in [2.75, 3.05) is 5.73 Å². The number of aryl methyl sites for hydroxylation is 2. The third-order valence-corrected chi connectivity index (χ3v) is 3.06. The van der Waals surface area contributed by atoms with Crippen LogP contribution >= 0.6 is 0 Å². The molecule has 2 aromatic rings. The Morgan fingerprint density at radius 3 is 2.73 bits per heavy atom. The lowest BCUT2D eigenvalue weighted by molar-refractivity contribution is 0.583. The van der Waals surface area contributed by atoms with Crippen LogP contribution in [0.1, 0.15) is 17.5 Å². The van der Waals surface area contributed by atoms with E-state index in [0.29, 0.717) is 5.69 Å². The standard InChI is InChI=1S/C13H13NO/c14-12-6-7-15-13(12)11-5-4-9-2-1-3-10(9)8-11/h4-8H,1-3,14H2. The van der Waals surface area contributed by atoms with Gasteiger partial charge in [-0.15, -0.1) is 0 Å². The average Bonchev–Trinajstić information content (AvgIpc) is 2.84. The lowest BCUT2D eigenvalue weighted by atomic mass is 10.0. The molecular formula is C13H13NO. The van der Waals surface area contributed by atoms with Crippen molar-refractivity contribution in [3.63, 3.8) is 0 Å². The largest absolute Gasteiger partial charge is 0.462 e. The van der Waals surface area contributed by atoms with Crippen LogP contribution in [0.25, 0.3) is 11.3 Å². The van der Waals surface area contributed by atoms with Crippen molar-refractivity contribution in [1.82, 2.24) is 0 Å². The molecule has 0 amide bonds. The van der Waals surface area contributed by atoms with E-state index in [4.69, 9.17) is 10.2 Å². The van der Waals surface area contributed by atoms with E-state index in [1.165, 1.54) is 30.4 Å². The molecule has 0 radical (unpaired) electrons.